The maximum Gasteiger partial charge on any atom is 0.0563 e. The molecule has 1 atom stereocenters. The van der Waals surface area contributed by atoms with Gasteiger partial charge in [0, 0.05) is 0 Å². The average Bonchev–Trinajstić information content (AvgIpc) is 2.17. The molecule has 0 aliphatic rings. The lowest BCUT2D eigenvalue weighted by molar-refractivity contribution is 0.775. The molecule has 0 aromatic rings. The van der Waals surface area contributed by atoms with E-state index in [1.165, 1.54) is 25.7 Å². The SMILES string of the molecule is CCC[Si](CCC)(CCC)C(C)CC. The van der Waals surface area contributed by atoms with Crippen molar-refractivity contribution in [3.8, 4) is 0 Å². The van der Waals surface area contributed by atoms with Gasteiger partial charge in [0.1, 0.15) is 0 Å². The first-order valence-electron chi connectivity index (χ1n) is 6.66. The smallest absolute Gasteiger partial charge is 0.0563 e. The van der Waals surface area contributed by atoms with Gasteiger partial charge in [0.25, 0.3) is 0 Å². The Morgan fingerprint density at radius 1 is 0.786 bits per heavy atom. The van der Waals surface area contributed by atoms with Crippen molar-refractivity contribution in [2.75, 3.05) is 0 Å². The highest BCUT2D eigenvalue weighted by Crippen LogP contribution is 2.38. The van der Waals surface area contributed by atoms with Gasteiger partial charge in [0.05, 0.1) is 8.07 Å². The minimum Gasteiger partial charge on any atom is -0.0657 e. The number of hydrogen-bond donors (Lipinski definition) is 0. The second-order valence-corrected chi connectivity index (χ2v) is 10.1. The van der Waals surface area contributed by atoms with E-state index in [2.05, 4.69) is 34.6 Å². The molecule has 0 rings (SSSR count). The summed E-state index contributed by atoms with van der Waals surface area (Å²) < 4.78 is 0. The predicted octanol–water partition coefficient (Wildman–Crippen LogP) is 5.47. The molecular formula is C13H30Si. The summed E-state index contributed by atoms with van der Waals surface area (Å²) in [4.78, 5) is 0. The highest BCUT2D eigenvalue weighted by molar-refractivity contribution is 6.81. The normalized spacial score (nSPS) is 14.4. The monoisotopic (exact) mass is 214 g/mol. The van der Waals surface area contributed by atoms with Crippen LogP contribution in [-0.2, 0) is 0 Å². The van der Waals surface area contributed by atoms with E-state index < -0.39 is 8.07 Å². The van der Waals surface area contributed by atoms with Crippen molar-refractivity contribution in [1.82, 2.24) is 0 Å². The van der Waals surface area contributed by atoms with E-state index in [0.717, 1.165) is 5.54 Å². The van der Waals surface area contributed by atoms with Crippen LogP contribution in [0.15, 0.2) is 0 Å². The van der Waals surface area contributed by atoms with Gasteiger partial charge in [-0.3, -0.25) is 0 Å². The lowest BCUT2D eigenvalue weighted by atomic mass is 10.4. The van der Waals surface area contributed by atoms with Crippen molar-refractivity contribution in [3.05, 3.63) is 0 Å². The molecular weight excluding hydrogens is 184 g/mol. The van der Waals surface area contributed by atoms with Crippen molar-refractivity contribution in [2.45, 2.75) is 84.0 Å². The van der Waals surface area contributed by atoms with Crippen LogP contribution < -0.4 is 0 Å². The van der Waals surface area contributed by atoms with E-state index in [-0.39, 0.29) is 0 Å². The van der Waals surface area contributed by atoms with Crippen molar-refractivity contribution < 1.29 is 0 Å². The van der Waals surface area contributed by atoms with Gasteiger partial charge < -0.3 is 0 Å². The van der Waals surface area contributed by atoms with Gasteiger partial charge in [0.15, 0.2) is 0 Å². The molecule has 0 N–H and O–H groups in total. The summed E-state index contributed by atoms with van der Waals surface area (Å²) in [6, 6.07) is 4.72. The van der Waals surface area contributed by atoms with Crippen LogP contribution >= 0.6 is 0 Å². The molecule has 0 aliphatic carbocycles. The Labute approximate surface area is 92.5 Å². The van der Waals surface area contributed by atoms with E-state index in [1.54, 1.807) is 18.1 Å². The summed E-state index contributed by atoms with van der Waals surface area (Å²) in [7, 11) is -0.899. The average molecular weight is 214 g/mol. The van der Waals surface area contributed by atoms with Crippen molar-refractivity contribution >= 4 is 8.07 Å². The first-order valence-corrected chi connectivity index (χ1v) is 9.36. The Bertz CT molecular complexity index is 114. The number of hydrogen-bond acceptors (Lipinski definition) is 0. The zero-order valence-corrected chi connectivity index (χ0v) is 12.0. The molecule has 0 heterocycles. The summed E-state index contributed by atoms with van der Waals surface area (Å²) in [5.74, 6) is 0. The van der Waals surface area contributed by atoms with E-state index >= 15 is 0 Å². The molecule has 0 aromatic carbocycles. The van der Waals surface area contributed by atoms with Gasteiger partial charge in [0.2, 0.25) is 0 Å². The lowest BCUT2D eigenvalue weighted by Gasteiger charge is -2.37. The molecule has 0 saturated heterocycles. The first-order chi connectivity index (χ1) is 6.66. The summed E-state index contributed by atoms with van der Waals surface area (Å²) in [6.45, 7) is 12.0. The highest BCUT2D eigenvalue weighted by Gasteiger charge is 2.34. The molecule has 0 aromatic heterocycles. The Hall–Kier alpha value is 0.217. The van der Waals surface area contributed by atoms with E-state index in [9.17, 15) is 0 Å². The Balaban J connectivity index is 4.53. The second kappa shape index (κ2) is 7.50. The molecule has 0 bridgehead atoms. The molecule has 0 nitrogen and oxygen atoms in total. The topological polar surface area (TPSA) is 0 Å². The summed E-state index contributed by atoms with van der Waals surface area (Å²) in [5, 5.41) is 0. The van der Waals surface area contributed by atoms with Gasteiger partial charge in [-0.2, -0.15) is 0 Å². The first kappa shape index (κ1) is 14.2. The maximum atomic E-state index is 2.52. The third-order valence-electron chi connectivity index (χ3n) is 3.90. The largest absolute Gasteiger partial charge is 0.0657 e. The fourth-order valence-corrected chi connectivity index (χ4v) is 9.12. The summed E-state index contributed by atoms with van der Waals surface area (Å²) in [5.41, 5.74) is 1.04. The van der Waals surface area contributed by atoms with Crippen LogP contribution in [0.25, 0.3) is 0 Å². The zero-order valence-electron chi connectivity index (χ0n) is 11.0. The summed E-state index contributed by atoms with van der Waals surface area (Å²) in [6.07, 6.45) is 5.65. The highest BCUT2D eigenvalue weighted by atomic mass is 28.3. The van der Waals surface area contributed by atoms with Gasteiger partial charge in [-0.05, 0) is 5.54 Å². The molecule has 0 spiro atoms. The molecule has 0 aliphatic heterocycles. The predicted molar refractivity (Wildman–Crippen MR) is 70.8 cm³/mol. The molecule has 0 saturated carbocycles. The van der Waals surface area contributed by atoms with Gasteiger partial charge in [-0.25, -0.2) is 0 Å². The fraction of sp³-hybridized carbons (Fsp3) is 1.00. The molecule has 0 amide bonds. The Morgan fingerprint density at radius 3 is 1.36 bits per heavy atom. The van der Waals surface area contributed by atoms with Crippen LogP contribution in [0.5, 0.6) is 0 Å². The third kappa shape index (κ3) is 3.76. The molecule has 0 fully saturated rings. The lowest BCUT2D eigenvalue weighted by Crippen LogP contribution is -2.37. The summed E-state index contributed by atoms with van der Waals surface area (Å²) >= 11 is 0. The van der Waals surface area contributed by atoms with Gasteiger partial charge in [-0.15, -0.1) is 0 Å². The quantitative estimate of drug-likeness (QED) is 0.470. The van der Waals surface area contributed by atoms with Crippen LogP contribution in [0, 0.1) is 0 Å². The fourth-order valence-electron chi connectivity index (χ4n) is 3.04. The van der Waals surface area contributed by atoms with Crippen LogP contribution in [-0.4, -0.2) is 8.07 Å². The Morgan fingerprint density at radius 2 is 1.14 bits per heavy atom. The van der Waals surface area contributed by atoms with E-state index in [0.29, 0.717) is 0 Å². The molecule has 1 unspecified atom stereocenters. The molecule has 14 heavy (non-hydrogen) atoms. The maximum absolute atomic E-state index is 2.52. The van der Waals surface area contributed by atoms with E-state index in [1.807, 2.05) is 0 Å². The standard InChI is InChI=1S/C13H30Si/c1-6-10-14(11-7-2,12-8-3)13(5)9-4/h13H,6-12H2,1-5H3. The molecule has 1 heteroatoms. The van der Waals surface area contributed by atoms with Crippen LogP contribution in [0.4, 0.5) is 0 Å². The van der Waals surface area contributed by atoms with Crippen LogP contribution in [0.1, 0.15) is 60.3 Å². The van der Waals surface area contributed by atoms with Gasteiger partial charge >= 0.3 is 0 Å². The molecule has 86 valence electrons. The van der Waals surface area contributed by atoms with Crippen LogP contribution in [0.2, 0.25) is 23.7 Å². The minimum atomic E-state index is -0.899. The van der Waals surface area contributed by atoms with E-state index in [4.69, 9.17) is 0 Å². The molecule has 0 radical (unpaired) electrons. The van der Waals surface area contributed by atoms with Gasteiger partial charge in [-0.1, -0.05) is 78.4 Å². The minimum absolute atomic E-state index is 0.899. The van der Waals surface area contributed by atoms with Crippen molar-refractivity contribution in [3.63, 3.8) is 0 Å². The van der Waals surface area contributed by atoms with Crippen molar-refractivity contribution in [1.29, 1.82) is 0 Å². The third-order valence-corrected chi connectivity index (χ3v) is 10.9. The van der Waals surface area contributed by atoms with Crippen molar-refractivity contribution in [2.24, 2.45) is 0 Å². The van der Waals surface area contributed by atoms with Crippen LogP contribution in [0.3, 0.4) is 0 Å². The Kier molecular flexibility index (Phi) is 7.62. The number of rotatable bonds is 8. The zero-order chi connectivity index (χ0) is 11.0. The second-order valence-electron chi connectivity index (χ2n) is 4.92.